The molecule has 0 spiro atoms. The van der Waals surface area contributed by atoms with Crippen molar-refractivity contribution < 1.29 is 4.79 Å². The van der Waals surface area contributed by atoms with Crippen molar-refractivity contribution in [2.75, 3.05) is 0 Å². The summed E-state index contributed by atoms with van der Waals surface area (Å²) < 4.78 is 1.79. The third-order valence-electron chi connectivity index (χ3n) is 2.89. The lowest BCUT2D eigenvalue weighted by Crippen LogP contribution is -2.12. The van der Waals surface area contributed by atoms with Crippen LogP contribution >= 0.6 is 0 Å². The molecule has 0 unspecified atom stereocenters. The molecule has 0 atom stereocenters. The third kappa shape index (κ3) is 1.84. The fourth-order valence-electron chi connectivity index (χ4n) is 2.12. The second kappa shape index (κ2) is 4.35. The molecular weight excluding hydrogens is 178 g/mol. The fraction of sp³-hybridized carbons (Fsp3) is 0.700. The van der Waals surface area contributed by atoms with Crippen LogP contribution < -0.4 is 0 Å². The Balaban J connectivity index is 2.15. The Kier molecular flexibility index (Phi) is 2.91. The topological polar surface area (TPSA) is 47.8 Å². The van der Waals surface area contributed by atoms with E-state index in [1.54, 1.807) is 4.68 Å². The van der Waals surface area contributed by atoms with Gasteiger partial charge in [-0.15, -0.1) is 5.10 Å². The Labute approximate surface area is 83.3 Å². The summed E-state index contributed by atoms with van der Waals surface area (Å²) in [5.74, 6) is 0. The molecule has 0 aromatic carbocycles. The minimum atomic E-state index is 0.389. The Morgan fingerprint density at radius 2 is 2.00 bits per heavy atom. The van der Waals surface area contributed by atoms with Crippen molar-refractivity contribution >= 4 is 6.29 Å². The van der Waals surface area contributed by atoms with Gasteiger partial charge in [0, 0.05) is 0 Å². The largest absolute Gasteiger partial charge is 0.296 e. The predicted molar refractivity (Wildman–Crippen MR) is 52.1 cm³/mol. The number of aldehydes is 1. The predicted octanol–water partition coefficient (Wildman–Crippen LogP) is 1.99. The van der Waals surface area contributed by atoms with Gasteiger partial charge in [0.05, 0.1) is 12.2 Å². The molecule has 0 saturated heterocycles. The zero-order valence-electron chi connectivity index (χ0n) is 8.22. The van der Waals surface area contributed by atoms with Crippen molar-refractivity contribution in [1.82, 2.24) is 15.0 Å². The molecule has 0 radical (unpaired) electrons. The summed E-state index contributed by atoms with van der Waals surface area (Å²) in [6, 6.07) is 0.389. The first-order valence-corrected chi connectivity index (χ1v) is 5.27. The lowest BCUT2D eigenvalue weighted by atomic mass is 10.1. The normalized spacial score (nSPS) is 19.1. The summed E-state index contributed by atoms with van der Waals surface area (Å²) in [5.41, 5.74) is 0.608. The van der Waals surface area contributed by atoms with Gasteiger partial charge in [-0.25, -0.2) is 4.68 Å². The quantitative estimate of drug-likeness (QED) is 0.533. The van der Waals surface area contributed by atoms with Gasteiger partial charge in [0.1, 0.15) is 5.69 Å². The van der Waals surface area contributed by atoms with E-state index < -0.39 is 0 Å². The number of carbonyl (C=O) groups excluding carboxylic acids is 1. The summed E-state index contributed by atoms with van der Waals surface area (Å²) in [4.78, 5) is 10.7. The monoisotopic (exact) mass is 193 g/mol. The molecule has 14 heavy (non-hydrogen) atoms. The molecule has 1 heterocycles. The van der Waals surface area contributed by atoms with Crippen molar-refractivity contribution in [3.05, 3.63) is 11.9 Å². The van der Waals surface area contributed by atoms with Gasteiger partial charge in [0.15, 0.2) is 6.29 Å². The highest BCUT2D eigenvalue weighted by molar-refractivity contribution is 5.71. The van der Waals surface area contributed by atoms with E-state index in [1.165, 1.54) is 31.9 Å². The van der Waals surface area contributed by atoms with Gasteiger partial charge < -0.3 is 0 Å². The highest BCUT2D eigenvalue weighted by Gasteiger charge is 2.17. The Bertz CT molecular complexity index is 300. The minimum Gasteiger partial charge on any atom is -0.296 e. The standard InChI is InChI=1S/C10H15N3O/c14-8-10-7-11-12-13(10)9-5-3-1-2-4-6-9/h7-9H,1-6H2. The first-order chi connectivity index (χ1) is 6.92. The first-order valence-electron chi connectivity index (χ1n) is 5.27. The van der Waals surface area contributed by atoms with Crippen LogP contribution in [-0.2, 0) is 0 Å². The van der Waals surface area contributed by atoms with Crippen LogP contribution in [0.5, 0.6) is 0 Å². The van der Waals surface area contributed by atoms with Crippen LogP contribution in [0.2, 0.25) is 0 Å². The number of hydrogen-bond acceptors (Lipinski definition) is 3. The van der Waals surface area contributed by atoms with Crippen LogP contribution in [0.4, 0.5) is 0 Å². The van der Waals surface area contributed by atoms with Crippen LogP contribution in [-0.4, -0.2) is 21.3 Å². The van der Waals surface area contributed by atoms with E-state index in [9.17, 15) is 4.79 Å². The number of rotatable bonds is 2. The van der Waals surface area contributed by atoms with Gasteiger partial charge in [-0.3, -0.25) is 4.79 Å². The van der Waals surface area contributed by atoms with Crippen LogP contribution in [0.1, 0.15) is 55.1 Å². The lowest BCUT2D eigenvalue weighted by Gasteiger charge is -2.14. The Hall–Kier alpha value is -1.19. The summed E-state index contributed by atoms with van der Waals surface area (Å²) in [6.07, 6.45) is 9.73. The van der Waals surface area contributed by atoms with Crippen molar-refractivity contribution in [2.24, 2.45) is 0 Å². The molecule has 1 fully saturated rings. The molecule has 0 aliphatic heterocycles. The number of hydrogen-bond donors (Lipinski definition) is 0. The van der Waals surface area contributed by atoms with E-state index in [4.69, 9.17) is 0 Å². The molecule has 2 rings (SSSR count). The van der Waals surface area contributed by atoms with E-state index in [2.05, 4.69) is 10.3 Å². The molecule has 1 aliphatic carbocycles. The number of aromatic nitrogens is 3. The summed E-state index contributed by atoms with van der Waals surface area (Å²) in [5, 5.41) is 7.77. The van der Waals surface area contributed by atoms with Crippen LogP contribution in [0.25, 0.3) is 0 Å². The first kappa shape index (κ1) is 9.37. The van der Waals surface area contributed by atoms with Gasteiger partial charge in [-0.2, -0.15) is 0 Å². The summed E-state index contributed by atoms with van der Waals surface area (Å²) in [6.45, 7) is 0. The van der Waals surface area contributed by atoms with Gasteiger partial charge >= 0.3 is 0 Å². The Morgan fingerprint density at radius 1 is 1.29 bits per heavy atom. The van der Waals surface area contributed by atoms with Crippen molar-refractivity contribution in [2.45, 2.75) is 44.6 Å². The third-order valence-corrected chi connectivity index (χ3v) is 2.89. The second-order valence-corrected chi connectivity index (χ2v) is 3.87. The molecule has 1 saturated carbocycles. The minimum absolute atomic E-state index is 0.389. The Morgan fingerprint density at radius 3 is 2.64 bits per heavy atom. The fourth-order valence-corrected chi connectivity index (χ4v) is 2.12. The van der Waals surface area contributed by atoms with Gasteiger partial charge in [-0.1, -0.05) is 30.9 Å². The van der Waals surface area contributed by atoms with E-state index in [1.807, 2.05) is 0 Å². The van der Waals surface area contributed by atoms with Crippen molar-refractivity contribution in [3.63, 3.8) is 0 Å². The maximum Gasteiger partial charge on any atom is 0.169 e. The molecule has 0 N–H and O–H groups in total. The van der Waals surface area contributed by atoms with E-state index in [-0.39, 0.29) is 0 Å². The SMILES string of the molecule is O=Cc1cnnn1C1CCCCCC1. The smallest absolute Gasteiger partial charge is 0.169 e. The molecule has 1 aromatic rings. The second-order valence-electron chi connectivity index (χ2n) is 3.87. The summed E-state index contributed by atoms with van der Waals surface area (Å²) in [7, 11) is 0. The number of carbonyl (C=O) groups is 1. The molecule has 1 aromatic heterocycles. The van der Waals surface area contributed by atoms with E-state index >= 15 is 0 Å². The highest BCUT2D eigenvalue weighted by atomic mass is 16.1. The van der Waals surface area contributed by atoms with Crippen LogP contribution in [0.3, 0.4) is 0 Å². The molecule has 0 bridgehead atoms. The molecule has 4 heteroatoms. The van der Waals surface area contributed by atoms with E-state index in [0.717, 1.165) is 19.1 Å². The average Bonchev–Trinajstić information content (AvgIpc) is 2.52. The summed E-state index contributed by atoms with van der Waals surface area (Å²) >= 11 is 0. The molecular formula is C10H15N3O. The maximum atomic E-state index is 10.7. The van der Waals surface area contributed by atoms with Crippen molar-refractivity contribution in [1.29, 1.82) is 0 Å². The molecule has 1 aliphatic rings. The zero-order valence-corrected chi connectivity index (χ0v) is 8.22. The zero-order chi connectivity index (χ0) is 9.80. The van der Waals surface area contributed by atoms with Crippen LogP contribution in [0, 0.1) is 0 Å². The van der Waals surface area contributed by atoms with Gasteiger partial charge in [-0.05, 0) is 12.8 Å². The molecule has 0 amide bonds. The number of nitrogens with zero attached hydrogens (tertiary/aromatic N) is 3. The maximum absolute atomic E-state index is 10.7. The lowest BCUT2D eigenvalue weighted by molar-refractivity contribution is 0.111. The molecule has 76 valence electrons. The van der Waals surface area contributed by atoms with Crippen LogP contribution in [0.15, 0.2) is 6.20 Å². The van der Waals surface area contributed by atoms with Gasteiger partial charge in [0.2, 0.25) is 0 Å². The van der Waals surface area contributed by atoms with Gasteiger partial charge in [0.25, 0.3) is 0 Å². The average molecular weight is 193 g/mol. The highest BCUT2D eigenvalue weighted by Crippen LogP contribution is 2.26. The molecule has 4 nitrogen and oxygen atoms in total. The van der Waals surface area contributed by atoms with E-state index in [0.29, 0.717) is 11.7 Å². The van der Waals surface area contributed by atoms with Crippen molar-refractivity contribution in [3.8, 4) is 0 Å².